The Balaban J connectivity index is 1.21. The van der Waals surface area contributed by atoms with Gasteiger partial charge in [-0.05, 0) is 95.8 Å². The molecular formula is C29H39N5O3. The number of nitrogens with one attached hydrogen (secondary N) is 2. The standard InChI is InChI=1S/C29H39N5O3/c1-19-24(5-4-6-26(19)37-3)29(36)32-23-13-16-34(25-9-7-20(25)17-23)27-10-8-21(18-30-27)28(35)31-22-11-14-33(2)15-12-22/h4-6,8,10,18,20,22-23,25H,7,9,11-17H2,1-3H3,(H,31,35)(H,32,36). The second-order valence-electron chi connectivity index (χ2n) is 10.9. The van der Waals surface area contributed by atoms with Gasteiger partial charge in [0.1, 0.15) is 11.6 Å². The van der Waals surface area contributed by atoms with Crippen LogP contribution in [0.3, 0.4) is 0 Å². The van der Waals surface area contributed by atoms with Gasteiger partial charge in [-0.3, -0.25) is 9.59 Å². The minimum Gasteiger partial charge on any atom is -0.496 e. The van der Waals surface area contributed by atoms with Crippen LogP contribution < -0.4 is 20.3 Å². The van der Waals surface area contributed by atoms with Crippen LogP contribution in [0.4, 0.5) is 5.82 Å². The third-order valence-corrected chi connectivity index (χ3v) is 8.53. The minimum atomic E-state index is -0.0402. The van der Waals surface area contributed by atoms with Gasteiger partial charge < -0.3 is 25.2 Å². The predicted molar refractivity (Wildman–Crippen MR) is 144 cm³/mol. The zero-order chi connectivity index (χ0) is 25.9. The minimum absolute atomic E-state index is 0.0381. The van der Waals surface area contributed by atoms with E-state index in [1.807, 2.05) is 37.3 Å². The third kappa shape index (κ3) is 5.59. The Morgan fingerprint density at radius 1 is 0.946 bits per heavy atom. The van der Waals surface area contributed by atoms with E-state index in [9.17, 15) is 9.59 Å². The second kappa shape index (κ2) is 11.1. The Labute approximate surface area is 219 Å². The SMILES string of the molecule is COc1cccc(C(=O)NC2CCN(c3ccc(C(=O)NC4CCN(C)CC4)cn3)C3CCC3C2)c1C. The molecule has 0 radical (unpaired) electrons. The van der Waals surface area contributed by atoms with E-state index in [-0.39, 0.29) is 23.9 Å². The summed E-state index contributed by atoms with van der Waals surface area (Å²) in [4.78, 5) is 35.3. The summed E-state index contributed by atoms with van der Waals surface area (Å²) in [6.07, 6.45) is 7.83. The number of ether oxygens (including phenoxy) is 1. The van der Waals surface area contributed by atoms with Crippen molar-refractivity contribution in [3.63, 3.8) is 0 Å². The summed E-state index contributed by atoms with van der Waals surface area (Å²) in [5.74, 6) is 2.10. The van der Waals surface area contributed by atoms with E-state index in [4.69, 9.17) is 9.72 Å². The first kappa shape index (κ1) is 25.5. The maximum absolute atomic E-state index is 13.1. The second-order valence-corrected chi connectivity index (χ2v) is 10.9. The van der Waals surface area contributed by atoms with Gasteiger partial charge in [-0.15, -0.1) is 0 Å². The van der Waals surface area contributed by atoms with Gasteiger partial charge in [-0.1, -0.05) is 6.07 Å². The van der Waals surface area contributed by atoms with Gasteiger partial charge >= 0.3 is 0 Å². The van der Waals surface area contributed by atoms with Crippen LogP contribution in [0.25, 0.3) is 0 Å². The number of carbonyl (C=O) groups is 2. The molecule has 1 aromatic carbocycles. The van der Waals surface area contributed by atoms with Crippen molar-refractivity contribution in [3.8, 4) is 5.75 Å². The fraction of sp³-hybridized carbons (Fsp3) is 0.552. The molecule has 1 aromatic heterocycles. The summed E-state index contributed by atoms with van der Waals surface area (Å²) in [5.41, 5.74) is 2.14. The zero-order valence-corrected chi connectivity index (χ0v) is 22.2. The molecule has 0 bridgehead atoms. The fourth-order valence-electron chi connectivity index (χ4n) is 6.05. The highest BCUT2D eigenvalue weighted by Gasteiger charge is 2.40. The van der Waals surface area contributed by atoms with Crippen LogP contribution >= 0.6 is 0 Å². The first-order valence-corrected chi connectivity index (χ1v) is 13.6. The van der Waals surface area contributed by atoms with Gasteiger partial charge in [0.05, 0.1) is 12.7 Å². The number of hydrogen-bond acceptors (Lipinski definition) is 6. The molecular weight excluding hydrogens is 466 g/mol. The topological polar surface area (TPSA) is 86.8 Å². The van der Waals surface area contributed by atoms with Gasteiger partial charge in [0, 0.05) is 42.0 Å². The third-order valence-electron chi connectivity index (χ3n) is 8.53. The molecule has 0 spiro atoms. The Kier molecular flexibility index (Phi) is 7.65. The number of hydrogen-bond donors (Lipinski definition) is 2. The first-order chi connectivity index (χ1) is 17.9. The van der Waals surface area contributed by atoms with Gasteiger partial charge in [-0.25, -0.2) is 4.98 Å². The molecule has 2 aromatic rings. The van der Waals surface area contributed by atoms with E-state index in [1.54, 1.807) is 13.3 Å². The molecule has 198 valence electrons. The van der Waals surface area contributed by atoms with Crippen molar-refractivity contribution < 1.29 is 14.3 Å². The molecule has 3 atom stereocenters. The highest BCUT2D eigenvalue weighted by Crippen LogP contribution is 2.40. The van der Waals surface area contributed by atoms with Crippen molar-refractivity contribution in [1.82, 2.24) is 20.5 Å². The molecule has 5 rings (SSSR count). The lowest BCUT2D eigenvalue weighted by Gasteiger charge is -2.43. The lowest BCUT2D eigenvalue weighted by atomic mass is 9.76. The van der Waals surface area contributed by atoms with Gasteiger partial charge in [0.25, 0.3) is 11.8 Å². The molecule has 3 heterocycles. The number of aromatic nitrogens is 1. The Morgan fingerprint density at radius 2 is 1.70 bits per heavy atom. The number of anilines is 1. The van der Waals surface area contributed by atoms with E-state index in [0.29, 0.717) is 23.1 Å². The fourth-order valence-corrected chi connectivity index (χ4v) is 6.05. The summed E-state index contributed by atoms with van der Waals surface area (Å²) in [6.45, 7) is 4.78. The highest BCUT2D eigenvalue weighted by atomic mass is 16.5. The molecule has 1 saturated carbocycles. The smallest absolute Gasteiger partial charge is 0.253 e. The monoisotopic (exact) mass is 505 g/mol. The molecule has 2 saturated heterocycles. The lowest BCUT2D eigenvalue weighted by molar-refractivity contribution is 0.0911. The van der Waals surface area contributed by atoms with Crippen LogP contribution in [0.1, 0.15) is 64.8 Å². The maximum Gasteiger partial charge on any atom is 0.253 e. The van der Waals surface area contributed by atoms with E-state index < -0.39 is 0 Å². The van der Waals surface area contributed by atoms with Crippen LogP contribution in [-0.2, 0) is 0 Å². The van der Waals surface area contributed by atoms with Crippen LogP contribution in [0.15, 0.2) is 36.5 Å². The number of methoxy groups -OCH3 is 1. The molecule has 3 unspecified atom stereocenters. The molecule has 3 aliphatic rings. The quantitative estimate of drug-likeness (QED) is 0.626. The number of rotatable bonds is 6. The number of amides is 2. The normalized spacial score (nSPS) is 24.4. The summed E-state index contributed by atoms with van der Waals surface area (Å²) in [7, 11) is 3.75. The van der Waals surface area contributed by atoms with Crippen molar-refractivity contribution >= 4 is 17.6 Å². The molecule has 8 nitrogen and oxygen atoms in total. The number of piperidine rings is 1. The Bertz CT molecular complexity index is 1110. The van der Waals surface area contributed by atoms with E-state index in [2.05, 4.69) is 27.5 Å². The number of carbonyl (C=O) groups excluding carboxylic acids is 2. The summed E-state index contributed by atoms with van der Waals surface area (Å²) in [6, 6.07) is 10.3. The van der Waals surface area contributed by atoms with Crippen LogP contribution in [0.2, 0.25) is 0 Å². The maximum atomic E-state index is 13.1. The van der Waals surface area contributed by atoms with Crippen LogP contribution in [0, 0.1) is 12.8 Å². The molecule has 2 aliphatic heterocycles. The average molecular weight is 506 g/mol. The van der Waals surface area contributed by atoms with Crippen molar-refractivity contribution in [1.29, 1.82) is 0 Å². The number of pyridine rings is 1. The molecule has 3 fully saturated rings. The average Bonchev–Trinajstić information content (AvgIpc) is 3.01. The van der Waals surface area contributed by atoms with Crippen molar-refractivity contribution in [2.75, 3.05) is 38.7 Å². The Hall–Kier alpha value is -3.13. The van der Waals surface area contributed by atoms with Crippen LogP contribution in [-0.4, -0.2) is 73.6 Å². The number of benzene rings is 1. The van der Waals surface area contributed by atoms with Gasteiger partial charge in [-0.2, -0.15) is 0 Å². The molecule has 8 heteroatoms. The lowest BCUT2D eigenvalue weighted by Crippen LogP contribution is -2.47. The highest BCUT2D eigenvalue weighted by molar-refractivity contribution is 5.96. The predicted octanol–water partition coefficient (Wildman–Crippen LogP) is 3.40. The van der Waals surface area contributed by atoms with E-state index >= 15 is 0 Å². The number of likely N-dealkylation sites (tertiary alicyclic amines) is 1. The van der Waals surface area contributed by atoms with Gasteiger partial charge in [0.15, 0.2) is 0 Å². The molecule has 2 amide bonds. The first-order valence-electron chi connectivity index (χ1n) is 13.6. The largest absolute Gasteiger partial charge is 0.496 e. The zero-order valence-electron chi connectivity index (χ0n) is 22.2. The van der Waals surface area contributed by atoms with Crippen molar-refractivity contribution in [3.05, 3.63) is 53.2 Å². The van der Waals surface area contributed by atoms with Crippen LogP contribution in [0.5, 0.6) is 5.75 Å². The van der Waals surface area contributed by atoms with E-state index in [1.165, 1.54) is 6.42 Å². The number of fused-ring (bicyclic) bond motifs is 1. The summed E-state index contributed by atoms with van der Waals surface area (Å²) in [5, 5.41) is 6.47. The Morgan fingerprint density at radius 3 is 2.38 bits per heavy atom. The number of nitrogens with zero attached hydrogens (tertiary/aromatic N) is 3. The van der Waals surface area contributed by atoms with Crippen molar-refractivity contribution in [2.24, 2.45) is 5.92 Å². The van der Waals surface area contributed by atoms with Gasteiger partial charge in [0.2, 0.25) is 0 Å². The molecule has 37 heavy (non-hydrogen) atoms. The van der Waals surface area contributed by atoms with Crippen molar-refractivity contribution in [2.45, 2.75) is 63.6 Å². The molecule has 1 aliphatic carbocycles. The molecule has 2 N–H and O–H groups in total. The van der Waals surface area contributed by atoms with E-state index in [0.717, 1.165) is 68.9 Å². The summed E-state index contributed by atoms with van der Waals surface area (Å²) < 4.78 is 5.39. The summed E-state index contributed by atoms with van der Waals surface area (Å²) >= 11 is 0.